The molecule has 0 heterocycles. The van der Waals surface area contributed by atoms with Gasteiger partial charge >= 0.3 is 11.8 Å². The van der Waals surface area contributed by atoms with Crippen molar-refractivity contribution in [3.63, 3.8) is 0 Å². The average Bonchev–Trinajstić information content (AvgIpc) is 2.65. The Morgan fingerprint density at radius 1 is 1.27 bits per heavy atom. The number of aryl methyl sites for hydroxylation is 1. The number of aromatic hydroxyl groups is 1. The Morgan fingerprint density at radius 3 is 2.50 bits per heavy atom. The van der Waals surface area contributed by atoms with Gasteiger partial charge in [0.25, 0.3) is 0 Å². The van der Waals surface area contributed by atoms with E-state index in [0.29, 0.717) is 12.0 Å². The van der Waals surface area contributed by atoms with Crippen LogP contribution in [0.4, 0.5) is 5.69 Å². The molecule has 0 aliphatic rings. The number of phenols is 1. The monoisotopic (exact) mass is 455 g/mol. The number of rotatable bonds is 7. The molecular weight excluding hydrogens is 434 g/mol. The van der Waals surface area contributed by atoms with E-state index in [0.717, 1.165) is 4.31 Å². The van der Waals surface area contributed by atoms with Crippen LogP contribution in [0.3, 0.4) is 0 Å². The van der Waals surface area contributed by atoms with Gasteiger partial charge < -0.3 is 20.9 Å². The number of amides is 2. The maximum absolute atomic E-state index is 12.7. The summed E-state index contributed by atoms with van der Waals surface area (Å²) in [4.78, 5) is 22.0. The van der Waals surface area contributed by atoms with Crippen molar-refractivity contribution in [3.8, 4) is 17.2 Å². The second-order valence-corrected chi connectivity index (χ2v) is 8.90. The summed E-state index contributed by atoms with van der Waals surface area (Å²) in [7, 11) is -2.49. The lowest BCUT2D eigenvalue weighted by Gasteiger charge is -2.18. The molecule has 0 bridgehead atoms. The normalized spacial score (nSPS) is 11.4. The molecule has 11 heteroatoms. The molecule has 2 aromatic rings. The zero-order chi connectivity index (χ0) is 22.6. The first kappa shape index (κ1) is 23.5. The summed E-state index contributed by atoms with van der Waals surface area (Å²) < 4.78 is 32.3. The van der Waals surface area contributed by atoms with Crippen molar-refractivity contribution >= 4 is 39.1 Å². The largest absolute Gasteiger partial charge is 0.507 e. The van der Waals surface area contributed by atoms with Gasteiger partial charge in [-0.2, -0.15) is 0 Å². The number of primary amides is 1. The quantitative estimate of drug-likeness (QED) is 0.548. The van der Waals surface area contributed by atoms with Gasteiger partial charge in [0.15, 0.2) is 0 Å². The Labute approximate surface area is 179 Å². The number of carbonyl (C=O) groups excluding carboxylic acids is 2. The van der Waals surface area contributed by atoms with Crippen LogP contribution in [0, 0.1) is 6.92 Å². The maximum atomic E-state index is 12.7. The third-order valence-corrected chi connectivity index (χ3v) is 6.26. The molecule has 4 N–H and O–H groups in total. The van der Waals surface area contributed by atoms with Crippen molar-refractivity contribution in [2.24, 2.45) is 5.73 Å². The van der Waals surface area contributed by atoms with Crippen LogP contribution in [0.1, 0.15) is 18.9 Å². The summed E-state index contributed by atoms with van der Waals surface area (Å²) in [5, 5.41) is 12.5. The van der Waals surface area contributed by atoms with Gasteiger partial charge in [0.2, 0.25) is 10.0 Å². The number of benzene rings is 2. The Hall–Kier alpha value is -2.82. The Balaban J connectivity index is 2.37. The van der Waals surface area contributed by atoms with E-state index in [2.05, 4.69) is 5.32 Å². The van der Waals surface area contributed by atoms with E-state index in [4.69, 9.17) is 22.1 Å². The van der Waals surface area contributed by atoms with Crippen molar-refractivity contribution in [1.82, 2.24) is 4.31 Å². The average molecular weight is 456 g/mol. The van der Waals surface area contributed by atoms with Gasteiger partial charge in [0.05, 0.1) is 5.02 Å². The van der Waals surface area contributed by atoms with Crippen molar-refractivity contribution in [3.05, 3.63) is 40.9 Å². The Morgan fingerprint density at radius 2 is 1.93 bits per heavy atom. The zero-order valence-corrected chi connectivity index (χ0v) is 18.2. The fourth-order valence-electron chi connectivity index (χ4n) is 2.61. The molecule has 0 radical (unpaired) electrons. The lowest BCUT2D eigenvalue weighted by atomic mass is 10.2. The highest BCUT2D eigenvalue weighted by Crippen LogP contribution is 2.37. The number of phenolic OH excluding ortho intramolecular Hbond substituents is 1. The van der Waals surface area contributed by atoms with Crippen LogP contribution in [0.5, 0.6) is 17.2 Å². The molecule has 9 nitrogen and oxygen atoms in total. The van der Waals surface area contributed by atoms with Gasteiger partial charge in [-0.3, -0.25) is 9.59 Å². The summed E-state index contributed by atoms with van der Waals surface area (Å²) in [6, 6.07) is 6.68. The summed E-state index contributed by atoms with van der Waals surface area (Å²) in [5.74, 6) is -2.20. The van der Waals surface area contributed by atoms with Gasteiger partial charge in [0, 0.05) is 25.3 Å². The molecule has 0 aliphatic heterocycles. The fourth-order valence-corrected chi connectivity index (χ4v) is 4.27. The number of hydrogen-bond donors (Lipinski definition) is 3. The highest BCUT2D eigenvalue weighted by atomic mass is 35.5. The first-order valence-electron chi connectivity index (χ1n) is 8.85. The lowest BCUT2D eigenvalue weighted by molar-refractivity contribution is -0.134. The molecule has 162 valence electrons. The number of halogens is 1. The maximum Gasteiger partial charge on any atom is 0.313 e. The van der Waals surface area contributed by atoms with Crippen molar-refractivity contribution in [2.75, 3.05) is 18.9 Å². The van der Waals surface area contributed by atoms with E-state index in [1.165, 1.54) is 37.4 Å². The smallest absolute Gasteiger partial charge is 0.313 e. The fraction of sp³-hybridized carbons (Fsp3) is 0.263. The first-order valence-corrected chi connectivity index (χ1v) is 10.7. The second-order valence-electron chi connectivity index (χ2n) is 6.48. The minimum atomic E-state index is -3.92. The molecule has 0 fully saturated rings. The number of ether oxygens (including phenoxy) is 1. The molecule has 0 spiro atoms. The van der Waals surface area contributed by atoms with Crippen molar-refractivity contribution in [2.45, 2.75) is 25.2 Å². The summed E-state index contributed by atoms with van der Waals surface area (Å²) in [5.41, 5.74) is 5.65. The molecule has 0 unspecified atom stereocenters. The predicted molar refractivity (Wildman–Crippen MR) is 112 cm³/mol. The van der Waals surface area contributed by atoms with E-state index < -0.39 is 27.6 Å². The zero-order valence-electron chi connectivity index (χ0n) is 16.6. The summed E-state index contributed by atoms with van der Waals surface area (Å²) >= 11 is 6.23. The van der Waals surface area contributed by atoms with Gasteiger partial charge in [-0.15, -0.1) is 0 Å². The SMILES string of the molecule is CCCN(C)S(=O)(=O)c1cc(Oc2c(C)cc(NC(=O)C(N)=O)cc2Cl)ccc1O. The molecule has 0 saturated carbocycles. The minimum absolute atomic E-state index is 0.107. The molecule has 0 aliphatic carbocycles. The molecule has 2 amide bonds. The highest BCUT2D eigenvalue weighted by molar-refractivity contribution is 7.89. The Kier molecular flexibility index (Phi) is 7.30. The van der Waals surface area contributed by atoms with Gasteiger partial charge in [-0.05, 0) is 43.2 Å². The van der Waals surface area contributed by atoms with Crippen molar-refractivity contribution < 1.29 is 27.9 Å². The first-order chi connectivity index (χ1) is 14.0. The highest BCUT2D eigenvalue weighted by Gasteiger charge is 2.25. The number of nitrogens with one attached hydrogen (secondary N) is 1. The third kappa shape index (κ3) is 5.21. The van der Waals surface area contributed by atoms with E-state index in [-0.39, 0.29) is 33.6 Å². The standard InChI is InChI=1S/C19H22ClN3O6S/c1-4-7-23(3)30(27,28)16-10-13(5-6-15(16)24)29-17-11(2)8-12(9-14(17)20)22-19(26)18(21)25/h5-6,8-10,24H,4,7H2,1-3H3,(H2,21,25)(H,22,26). The minimum Gasteiger partial charge on any atom is -0.507 e. The van der Waals surface area contributed by atoms with Gasteiger partial charge in [0.1, 0.15) is 22.1 Å². The van der Waals surface area contributed by atoms with Crippen LogP contribution >= 0.6 is 11.6 Å². The number of nitrogens with zero attached hydrogens (tertiary/aromatic N) is 1. The molecule has 0 aromatic heterocycles. The molecule has 30 heavy (non-hydrogen) atoms. The van der Waals surface area contributed by atoms with Crippen molar-refractivity contribution in [1.29, 1.82) is 0 Å². The van der Waals surface area contributed by atoms with E-state index in [1.54, 1.807) is 6.92 Å². The van der Waals surface area contributed by atoms with Crippen LogP contribution in [-0.4, -0.2) is 43.2 Å². The van der Waals surface area contributed by atoms with Crippen LogP contribution in [0.15, 0.2) is 35.2 Å². The van der Waals surface area contributed by atoms with Crippen LogP contribution < -0.4 is 15.8 Å². The Bertz CT molecular complexity index is 1060. The topological polar surface area (TPSA) is 139 Å². The van der Waals surface area contributed by atoms with Gasteiger partial charge in [-0.1, -0.05) is 18.5 Å². The second kappa shape index (κ2) is 9.33. The number of carbonyl (C=O) groups is 2. The van der Waals surface area contributed by atoms with Crippen LogP contribution in [0.2, 0.25) is 5.02 Å². The predicted octanol–water partition coefficient (Wildman–Crippen LogP) is 2.60. The summed E-state index contributed by atoms with van der Waals surface area (Å²) in [6.45, 7) is 3.77. The van der Waals surface area contributed by atoms with E-state index in [1.807, 2.05) is 6.92 Å². The third-order valence-electron chi connectivity index (χ3n) is 4.09. The number of nitrogens with two attached hydrogens (primary N) is 1. The van der Waals surface area contributed by atoms with E-state index in [9.17, 15) is 23.1 Å². The van der Waals surface area contributed by atoms with Gasteiger partial charge in [-0.25, -0.2) is 12.7 Å². The molecule has 2 aromatic carbocycles. The number of hydrogen-bond acceptors (Lipinski definition) is 6. The lowest BCUT2D eigenvalue weighted by Crippen LogP contribution is -2.29. The van der Waals surface area contributed by atoms with Crippen LogP contribution in [-0.2, 0) is 19.6 Å². The van der Waals surface area contributed by atoms with E-state index >= 15 is 0 Å². The number of sulfonamides is 1. The summed E-state index contributed by atoms with van der Waals surface area (Å²) in [6.07, 6.45) is 0.611. The van der Waals surface area contributed by atoms with Crippen LogP contribution in [0.25, 0.3) is 0 Å². The molecule has 2 rings (SSSR count). The number of anilines is 1. The molecule has 0 atom stereocenters. The molecular formula is C19H22ClN3O6S. The molecule has 0 saturated heterocycles.